The third-order valence-electron chi connectivity index (χ3n) is 3.00. The summed E-state index contributed by atoms with van der Waals surface area (Å²) in [6.45, 7) is 2.90. The molecular formula is C15H18N2O7S. The van der Waals surface area contributed by atoms with Gasteiger partial charge >= 0.3 is 11.9 Å². The first-order valence-corrected chi connectivity index (χ1v) is 8.99. The van der Waals surface area contributed by atoms with E-state index in [9.17, 15) is 18.0 Å². The Hall–Kier alpha value is -2.75. The second kappa shape index (κ2) is 6.63. The molecule has 1 fully saturated rings. The minimum absolute atomic E-state index is 0.251. The maximum atomic E-state index is 11.8. The molecule has 2 rings (SSSR count). The minimum Gasteiger partial charge on any atom is -0.494 e. The standard InChI is InChI=1S/C15H18N2O7S/c1-15(2)23-13(18)10(14(19)24-15)8-16-9-5-6-11(12(7-9)22-3)17-25(4,20)21/h5-8,16-17H,1-4H3. The van der Waals surface area contributed by atoms with Crippen molar-refractivity contribution in [3.05, 3.63) is 30.0 Å². The Morgan fingerprint density at radius 3 is 2.28 bits per heavy atom. The molecule has 0 saturated carbocycles. The summed E-state index contributed by atoms with van der Waals surface area (Å²) in [5, 5.41) is 2.75. The van der Waals surface area contributed by atoms with Gasteiger partial charge in [-0.15, -0.1) is 0 Å². The number of methoxy groups -OCH3 is 1. The second-order valence-corrected chi connectivity index (χ2v) is 7.42. The molecule has 1 aliphatic rings. The van der Waals surface area contributed by atoms with Crippen LogP contribution < -0.4 is 14.8 Å². The number of nitrogens with one attached hydrogen (secondary N) is 2. The molecule has 1 heterocycles. The quantitative estimate of drug-likeness (QED) is 0.451. The van der Waals surface area contributed by atoms with Crippen molar-refractivity contribution >= 4 is 33.3 Å². The van der Waals surface area contributed by atoms with E-state index in [2.05, 4.69) is 10.0 Å². The highest BCUT2D eigenvalue weighted by Crippen LogP contribution is 2.29. The fourth-order valence-electron chi connectivity index (χ4n) is 2.00. The zero-order valence-corrected chi connectivity index (χ0v) is 14.9. The summed E-state index contributed by atoms with van der Waals surface area (Å²) in [5.74, 6) is -2.68. The third kappa shape index (κ3) is 4.86. The second-order valence-electron chi connectivity index (χ2n) is 5.67. The SMILES string of the molecule is COc1cc(NC=C2C(=O)OC(C)(C)OC2=O)ccc1NS(C)(=O)=O. The van der Waals surface area contributed by atoms with Crippen LogP contribution in [-0.2, 0) is 29.1 Å². The molecule has 1 aliphatic heterocycles. The summed E-state index contributed by atoms with van der Waals surface area (Å²) in [4.78, 5) is 23.7. The minimum atomic E-state index is -3.46. The summed E-state index contributed by atoms with van der Waals surface area (Å²) in [6, 6.07) is 4.51. The number of esters is 2. The lowest BCUT2D eigenvalue weighted by Gasteiger charge is -2.29. The lowest BCUT2D eigenvalue weighted by Crippen LogP contribution is -2.42. The fourth-order valence-corrected chi connectivity index (χ4v) is 2.57. The third-order valence-corrected chi connectivity index (χ3v) is 3.59. The molecule has 0 unspecified atom stereocenters. The lowest BCUT2D eigenvalue weighted by molar-refractivity contribution is -0.222. The van der Waals surface area contributed by atoms with E-state index in [1.165, 1.54) is 39.2 Å². The summed E-state index contributed by atoms with van der Waals surface area (Å²) < 4.78 is 40.0. The van der Waals surface area contributed by atoms with Gasteiger partial charge < -0.3 is 19.5 Å². The monoisotopic (exact) mass is 370 g/mol. The summed E-state index contributed by atoms with van der Waals surface area (Å²) in [6.07, 6.45) is 2.17. The van der Waals surface area contributed by atoms with Crippen molar-refractivity contribution in [2.45, 2.75) is 19.6 Å². The zero-order chi connectivity index (χ0) is 18.8. The zero-order valence-electron chi connectivity index (χ0n) is 14.1. The van der Waals surface area contributed by atoms with Crippen LogP contribution in [0, 0.1) is 0 Å². The van der Waals surface area contributed by atoms with Crippen LogP contribution in [0.2, 0.25) is 0 Å². The number of hydrogen-bond acceptors (Lipinski definition) is 8. The normalized spacial score (nSPS) is 16.6. The summed E-state index contributed by atoms with van der Waals surface area (Å²) in [7, 11) is -2.08. The van der Waals surface area contributed by atoms with Gasteiger partial charge in [0.15, 0.2) is 5.57 Å². The van der Waals surface area contributed by atoms with Crippen molar-refractivity contribution in [3.8, 4) is 5.75 Å². The Morgan fingerprint density at radius 1 is 1.16 bits per heavy atom. The van der Waals surface area contributed by atoms with Gasteiger partial charge in [0.2, 0.25) is 10.0 Å². The van der Waals surface area contributed by atoms with E-state index < -0.39 is 27.7 Å². The van der Waals surface area contributed by atoms with Crippen LogP contribution >= 0.6 is 0 Å². The van der Waals surface area contributed by atoms with Gasteiger partial charge in [0.1, 0.15) is 5.75 Å². The molecule has 0 radical (unpaired) electrons. The van der Waals surface area contributed by atoms with Crippen LogP contribution in [-0.4, -0.2) is 39.5 Å². The van der Waals surface area contributed by atoms with E-state index in [0.717, 1.165) is 12.5 Å². The molecule has 1 aromatic carbocycles. The Morgan fingerprint density at radius 2 is 1.76 bits per heavy atom. The van der Waals surface area contributed by atoms with Crippen molar-refractivity contribution in [1.82, 2.24) is 0 Å². The molecule has 0 amide bonds. The predicted molar refractivity (Wildman–Crippen MR) is 89.4 cm³/mol. The van der Waals surface area contributed by atoms with Gasteiger partial charge in [0, 0.05) is 31.8 Å². The number of cyclic esters (lactones) is 2. The Kier molecular flexibility index (Phi) is 4.93. The Labute approximate surface area is 145 Å². The first-order chi connectivity index (χ1) is 11.5. The van der Waals surface area contributed by atoms with Crippen molar-refractivity contribution in [2.75, 3.05) is 23.4 Å². The first-order valence-electron chi connectivity index (χ1n) is 7.10. The van der Waals surface area contributed by atoms with Gasteiger partial charge in [-0.1, -0.05) is 0 Å². The van der Waals surface area contributed by atoms with Crippen LogP contribution in [0.15, 0.2) is 30.0 Å². The van der Waals surface area contributed by atoms with E-state index in [1.54, 1.807) is 0 Å². The van der Waals surface area contributed by atoms with Crippen LogP contribution in [0.5, 0.6) is 5.75 Å². The molecule has 9 nitrogen and oxygen atoms in total. The number of benzene rings is 1. The van der Waals surface area contributed by atoms with Crippen LogP contribution in [0.25, 0.3) is 0 Å². The molecule has 0 bridgehead atoms. The number of carbonyl (C=O) groups is 2. The van der Waals surface area contributed by atoms with E-state index >= 15 is 0 Å². The van der Waals surface area contributed by atoms with Gasteiger partial charge in [-0.05, 0) is 12.1 Å². The smallest absolute Gasteiger partial charge is 0.350 e. The summed E-state index contributed by atoms with van der Waals surface area (Å²) >= 11 is 0. The van der Waals surface area contributed by atoms with Gasteiger partial charge in [-0.2, -0.15) is 0 Å². The molecule has 25 heavy (non-hydrogen) atoms. The van der Waals surface area contributed by atoms with Gasteiger partial charge in [0.05, 0.1) is 19.1 Å². The van der Waals surface area contributed by atoms with E-state index in [1.807, 2.05) is 0 Å². The largest absolute Gasteiger partial charge is 0.494 e. The number of ether oxygens (including phenoxy) is 3. The summed E-state index contributed by atoms with van der Waals surface area (Å²) in [5.41, 5.74) is 0.409. The van der Waals surface area contributed by atoms with Gasteiger partial charge in [0.25, 0.3) is 5.79 Å². The average Bonchev–Trinajstić information content (AvgIpc) is 2.44. The first kappa shape index (κ1) is 18.6. The molecular weight excluding hydrogens is 352 g/mol. The van der Waals surface area contributed by atoms with Crippen molar-refractivity contribution in [3.63, 3.8) is 0 Å². The average molecular weight is 370 g/mol. The maximum absolute atomic E-state index is 11.8. The van der Waals surface area contributed by atoms with E-state index in [-0.39, 0.29) is 17.0 Å². The molecule has 1 saturated heterocycles. The molecule has 10 heteroatoms. The molecule has 136 valence electrons. The van der Waals surface area contributed by atoms with Crippen LogP contribution in [0.1, 0.15) is 13.8 Å². The maximum Gasteiger partial charge on any atom is 0.350 e. The molecule has 0 aromatic heterocycles. The Bertz CT molecular complexity index is 821. The van der Waals surface area contributed by atoms with Crippen molar-refractivity contribution in [1.29, 1.82) is 0 Å². The van der Waals surface area contributed by atoms with Gasteiger partial charge in [-0.25, -0.2) is 18.0 Å². The fraction of sp³-hybridized carbons (Fsp3) is 0.333. The highest BCUT2D eigenvalue weighted by Gasteiger charge is 2.38. The lowest BCUT2D eigenvalue weighted by atomic mass is 10.2. The van der Waals surface area contributed by atoms with E-state index in [0.29, 0.717) is 5.69 Å². The molecule has 2 N–H and O–H groups in total. The topological polar surface area (TPSA) is 120 Å². The Balaban J connectivity index is 2.21. The van der Waals surface area contributed by atoms with Crippen LogP contribution in [0.3, 0.4) is 0 Å². The molecule has 0 aliphatic carbocycles. The van der Waals surface area contributed by atoms with Gasteiger partial charge in [-0.3, -0.25) is 4.72 Å². The number of sulfonamides is 1. The molecule has 1 aromatic rings. The highest BCUT2D eigenvalue weighted by molar-refractivity contribution is 7.92. The van der Waals surface area contributed by atoms with Crippen LogP contribution in [0.4, 0.5) is 11.4 Å². The number of rotatable bonds is 5. The molecule has 0 atom stereocenters. The van der Waals surface area contributed by atoms with Crippen molar-refractivity contribution in [2.24, 2.45) is 0 Å². The number of carbonyl (C=O) groups excluding carboxylic acids is 2. The molecule has 0 spiro atoms. The van der Waals surface area contributed by atoms with E-state index in [4.69, 9.17) is 14.2 Å². The van der Waals surface area contributed by atoms with Crippen molar-refractivity contribution < 1.29 is 32.2 Å². The number of hydrogen-bond donors (Lipinski definition) is 2. The number of anilines is 2. The highest BCUT2D eigenvalue weighted by atomic mass is 32.2. The predicted octanol–water partition coefficient (Wildman–Crippen LogP) is 1.20.